The molecule has 0 bridgehead atoms. The summed E-state index contributed by atoms with van der Waals surface area (Å²) in [7, 11) is -2.66. The van der Waals surface area contributed by atoms with Crippen molar-refractivity contribution in [2.24, 2.45) is 18.4 Å². The fourth-order valence-electron chi connectivity index (χ4n) is 5.54. The zero-order valence-electron chi connectivity index (χ0n) is 24.3. The van der Waals surface area contributed by atoms with Crippen molar-refractivity contribution >= 4 is 35.2 Å². The molecule has 0 N–H and O–H groups in total. The van der Waals surface area contributed by atoms with Crippen LogP contribution >= 0.6 is 13.5 Å². The zero-order valence-corrected chi connectivity index (χ0v) is 26.1. The molecule has 5 heterocycles. The fourth-order valence-corrected chi connectivity index (χ4v) is 7.36. The first-order chi connectivity index (χ1) is 18.8. The number of amides is 1. The van der Waals surface area contributed by atoms with Gasteiger partial charge in [-0.1, -0.05) is 14.4 Å². The summed E-state index contributed by atoms with van der Waals surface area (Å²) in [4.78, 5) is 20.4. The fraction of sp³-hybridized carbons (Fsp3) is 0.556. The molecule has 3 aromatic heterocycles. The molecule has 16 heteroatoms. The molecule has 2 aliphatic heterocycles. The Hall–Kier alpha value is -3.27. The van der Waals surface area contributed by atoms with Crippen LogP contribution in [0.3, 0.4) is 0 Å². The van der Waals surface area contributed by atoms with Gasteiger partial charge in [0.1, 0.15) is 23.5 Å². The van der Waals surface area contributed by atoms with Gasteiger partial charge in [0.05, 0.1) is 16.7 Å². The number of alkyl halides is 3. The van der Waals surface area contributed by atoms with Crippen molar-refractivity contribution in [1.29, 1.82) is 0 Å². The van der Waals surface area contributed by atoms with E-state index in [4.69, 9.17) is 9.72 Å². The lowest BCUT2D eigenvalue weighted by Gasteiger charge is -2.45. The monoisotopic (exact) mass is 645 g/mol. The van der Waals surface area contributed by atoms with Crippen LogP contribution in [0.4, 0.5) is 19.0 Å². The second-order valence-corrected chi connectivity index (χ2v) is 13.7. The largest absolute Gasteiger partial charge is 0.476 e. The Labute approximate surface area is 256 Å². The molecule has 238 valence electrons. The first-order valence-corrected chi connectivity index (χ1v) is 14.4. The maximum atomic E-state index is 13.9. The Kier molecular flexibility index (Phi) is 8.77. The molecule has 1 amide bonds. The van der Waals surface area contributed by atoms with Crippen molar-refractivity contribution in [2.45, 2.75) is 78.2 Å². The molecule has 3 aromatic rings. The number of nitrogens with zero attached hydrogens (tertiary/aromatic N) is 7. The molecule has 2 aliphatic rings. The van der Waals surface area contributed by atoms with Gasteiger partial charge < -0.3 is 9.64 Å². The Morgan fingerprint density at radius 3 is 2.37 bits per heavy atom. The molecule has 1 saturated heterocycles. The second-order valence-electron chi connectivity index (χ2n) is 11.9. The van der Waals surface area contributed by atoms with Crippen LogP contribution in [0.25, 0.3) is 5.82 Å². The number of sulfonamides is 1. The van der Waals surface area contributed by atoms with Crippen molar-refractivity contribution in [2.75, 3.05) is 11.5 Å². The average molecular weight is 646 g/mol. The highest BCUT2D eigenvalue weighted by Gasteiger charge is 2.56. The first-order valence-electron chi connectivity index (χ1n) is 13.0. The quantitative estimate of drug-likeness (QED) is 0.375. The zero-order chi connectivity index (χ0) is 30.3. The van der Waals surface area contributed by atoms with Crippen molar-refractivity contribution in [3.05, 3.63) is 41.9 Å². The van der Waals surface area contributed by atoms with E-state index in [-0.39, 0.29) is 54.7 Å². The molecule has 1 unspecified atom stereocenters. The van der Waals surface area contributed by atoms with Gasteiger partial charge in [-0.3, -0.25) is 9.48 Å². The maximum Gasteiger partial charge on any atom is 0.397 e. The second kappa shape index (κ2) is 11.0. The Balaban J connectivity index is 0.00000253. The number of hydrogen-bond donors (Lipinski definition) is 0. The highest BCUT2D eigenvalue weighted by atomic mass is 32.2. The van der Waals surface area contributed by atoms with Gasteiger partial charge in [0.25, 0.3) is 15.9 Å². The molecule has 1 fully saturated rings. The van der Waals surface area contributed by atoms with E-state index in [2.05, 4.69) is 10.2 Å². The van der Waals surface area contributed by atoms with Crippen LogP contribution in [0.15, 0.2) is 35.5 Å². The molecule has 43 heavy (non-hydrogen) atoms. The third kappa shape index (κ3) is 5.58. The van der Waals surface area contributed by atoms with E-state index in [0.29, 0.717) is 12.2 Å². The number of anilines is 1. The van der Waals surface area contributed by atoms with Crippen LogP contribution in [-0.2, 0) is 17.1 Å². The number of carbonyl (C=O) groups excluding carboxylic acids is 1. The van der Waals surface area contributed by atoms with Crippen molar-refractivity contribution in [3.8, 4) is 11.7 Å². The number of rotatable bonds is 6. The molecule has 11 nitrogen and oxygen atoms in total. The van der Waals surface area contributed by atoms with E-state index in [1.54, 1.807) is 14.0 Å². The highest BCUT2D eigenvalue weighted by Crippen LogP contribution is 2.48. The SMILES string of the molecule is C.Cc1nn(C)cc1S(=O)(=O)N1C(=O)c2ccc(-n3ccc(OCC(C)(C)C(F)(F)F)n3)nc2N2C1[C@@H](C)CC2(C)C.S. The summed E-state index contributed by atoms with van der Waals surface area (Å²) in [5.74, 6) is -0.351. The number of ether oxygens (including phenoxy) is 1. The third-order valence-electron chi connectivity index (χ3n) is 7.66. The van der Waals surface area contributed by atoms with E-state index in [1.165, 1.54) is 40.0 Å². The minimum Gasteiger partial charge on any atom is -0.476 e. The average Bonchev–Trinajstić information content (AvgIpc) is 3.52. The lowest BCUT2D eigenvalue weighted by atomic mass is 9.94. The maximum absolute atomic E-state index is 13.9. The van der Waals surface area contributed by atoms with Gasteiger partial charge in [0.2, 0.25) is 5.88 Å². The molecule has 0 spiro atoms. The van der Waals surface area contributed by atoms with E-state index in [1.807, 2.05) is 25.7 Å². The summed E-state index contributed by atoms with van der Waals surface area (Å²) >= 11 is 0. The number of fused-ring (bicyclic) bond motifs is 3. The minimum absolute atomic E-state index is 0. The van der Waals surface area contributed by atoms with E-state index >= 15 is 0 Å². The molecular formula is C27H38F3N7O4S2. The summed E-state index contributed by atoms with van der Waals surface area (Å²) in [5, 5.41) is 8.38. The summed E-state index contributed by atoms with van der Waals surface area (Å²) in [6, 6.07) is 4.41. The van der Waals surface area contributed by atoms with Crippen LogP contribution in [0, 0.1) is 18.3 Å². The van der Waals surface area contributed by atoms with Crippen LogP contribution in [0.5, 0.6) is 5.88 Å². The molecule has 5 rings (SSSR count). The molecule has 0 saturated carbocycles. The van der Waals surface area contributed by atoms with Gasteiger partial charge >= 0.3 is 6.18 Å². The minimum atomic E-state index is -4.45. The lowest BCUT2D eigenvalue weighted by molar-refractivity contribution is -0.219. The highest BCUT2D eigenvalue weighted by molar-refractivity contribution is 7.89. The van der Waals surface area contributed by atoms with Crippen molar-refractivity contribution in [1.82, 2.24) is 28.9 Å². The van der Waals surface area contributed by atoms with Gasteiger partial charge in [-0.05, 0) is 59.1 Å². The van der Waals surface area contributed by atoms with Crippen LogP contribution in [0.1, 0.15) is 64.5 Å². The van der Waals surface area contributed by atoms with E-state index in [0.717, 1.165) is 18.2 Å². The predicted molar refractivity (Wildman–Crippen MR) is 159 cm³/mol. The summed E-state index contributed by atoms with van der Waals surface area (Å²) in [6.45, 7) is 8.85. The number of hydrogen-bond acceptors (Lipinski definition) is 8. The number of halogens is 3. The molecule has 0 aromatic carbocycles. The molecule has 0 aliphatic carbocycles. The Morgan fingerprint density at radius 1 is 1.14 bits per heavy atom. The van der Waals surface area contributed by atoms with Crippen LogP contribution in [-0.4, -0.2) is 67.7 Å². The normalized spacial score (nSPS) is 19.8. The molecule has 2 atom stereocenters. The standard InChI is InChI=1S/C26H32F3N7O4S.CH4.H2S/c1-15-12-25(5,6)35-21-17(23(37)36(22(15)35)41(38,39)18-13-33(7)31-16(18)2)8-9-19(30-21)34-11-10-20(32-34)40-14-24(3,4)26(27,28)29;;/h8-11,13,15,22H,12,14H2,1-7H3;1H4;1H2/t15-,22?;;/m0../s1. The van der Waals surface area contributed by atoms with Gasteiger partial charge in [-0.25, -0.2) is 22.4 Å². The van der Waals surface area contributed by atoms with E-state index in [9.17, 15) is 26.4 Å². The first kappa shape index (κ1) is 34.2. The number of aromatic nitrogens is 5. The smallest absolute Gasteiger partial charge is 0.397 e. The molecule has 0 radical (unpaired) electrons. The van der Waals surface area contributed by atoms with Gasteiger partial charge in [0.15, 0.2) is 5.82 Å². The van der Waals surface area contributed by atoms with Crippen LogP contribution < -0.4 is 9.64 Å². The van der Waals surface area contributed by atoms with Crippen molar-refractivity contribution < 1.29 is 31.1 Å². The van der Waals surface area contributed by atoms with E-state index < -0.39 is 45.8 Å². The Bertz CT molecular complexity index is 1630. The topological polar surface area (TPSA) is 115 Å². The van der Waals surface area contributed by atoms with Gasteiger partial charge in [-0.2, -0.15) is 31.8 Å². The summed E-state index contributed by atoms with van der Waals surface area (Å²) < 4.78 is 76.5. The van der Waals surface area contributed by atoms with Crippen molar-refractivity contribution in [3.63, 3.8) is 0 Å². The third-order valence-corrected chi connectivity index (χ3v) is 9.52. The van der Waals surface area contributed by atoms with Gasteiger partial charge in [-0.15, -0.1) is 5.10 Å². The number of carbonyl (C=O) groups is 1. The summed E-state index contributed by atoms with van der Waals surface area (Å²) in [5.41, 5.74) is -2.25. The predicted octanol–water partition coefficient (Wildman–Crippen LogP) is 4.82. The lowest BCUT2D eigenvalue weighted by Crippen LogP contribution is -2.60. The Morgan fingerprint density at radius 2 is 1.79 bits per heavy atom. The van der Waals surface area contributed by atoms with Crippen LogP contribution in [0.2, 0.25) is 0 Å². The van der Waals surface area contributed by atoms with Gasteiger partial charge in [0, 0.05) is 31.0 Å². The molecular weight excluding hydrogens is 607 g/mol. The number of aryl methyl sites for hydroxylation is 2. The number of pyridine rings is 1. The summed E-state index contributed by atoms with van der Waals surface area (Å²) in [6.07, 6.45) is -1.82.